The van der Waals surface area contributed by atoms with Gasteiger partial charge in [0.1, 0.15) is 5.69 Å². The van der Waals surface area contributed by atoms with Crippen molar-refractivity contribution >= 4 is 17.3 Å². The first kappa shape index (κ1) is 10.8. The number of hydrogen-bond acceptors (Lipinski definition) is 2. The van der Waals surface area contributed by atoms with Gasteiger partial charge < -0.3 is 5.73 Å². The normalized spacial score (nSPS) is 10.6. The number of aromatic amines is 1. The van der Waals surface area contributed by atoms with Crippen LogP contribution in [0.2, 0.25) is 5.02 Å². The minimum absolute atomic E-state index is 0.211. The van der Waals surface area contributed by atoms with Crippen molar-refractivity contribution < 1.29 is 0 Å². The number of aromatic nitrogens is 2. The van der Waals surface area contributed by atoms with Crippen LogP contribution in [0.4, 0.5) is 5.69 Å². The zero-order valence-corrected chi connectivity index (χ0v) is 9.58. The van der Waals surface area contributed by atoms with Crippen molar-refractivity contribution in [2.45, 2.75) is 13.5 Å². The van der Waals surface area contributed by atoms with Crippen molar-refractivity contribution in [3.8, 4) is 0 Å². The summed E-state index contributed by atoms with van der Waals surface area (Å²) in [5.41, 5.74) is 7.20. The van der Waals surface area contributed by atoms with E-state index in [2.05, 4.69) is 5.10 Å². The van der Waals surface area contributed by atoms with Crippen LogP contribution in [-0.2, 0) is 6.54 Å². The molecule has 2 aromatic rings. The second-order valence-corrected chi connectivity index (χ2v) is 4.04. The fourth-order valence-corrected chi connectivity index (χ4v) is 1.72. The third-order valence-electron chi connectivity index (χ3n) is 2.47. The van der Waals surface area contributed by atoms with Crippen LogP contribution in [-0.4, -0.2) is 9.78 Å². The molecule has 0 radical (unpaired) electrons. The number of hydrogen-bond donors (Lipinski definition) is 2. The van der Waals surface area contributed by atoms with Crippen molar-refractivity contribution in [2.75, 3.05) is 5.73 Å². The lowest BCUT2D eigenvalue weighted by Gasteiger charge is -2.03. The molecule has 1 aromatic heterocycles. The number of anilines is 1. The monoisotopic (exact) mass is 237 g/mol. The number of nitrogens with zero attached hydrogens (tertiary/aromatic N) is 1. The summed E-state index contributed by atoms with van der Waals surface area (Å²) in [5, 5.41) is 3.55. The van der Waals surface area contributed by atoms with Crippen LogP contribution >= 0.6 is 11.6 Å². The summed E-state index contributed by atoms with van der Waals surface area (Å²) in [6.07, 6.45) is 0. The van der Waals surface area contributed by atoms with E-state index >= 15 is 0 Å². The first-order valence-electron chi connectivity index (χ1n) is 4.88. The molecule has 3 N–H and O–H groups in total. The molecule has 0 atom stereocenters. The standard InChI is InChI=1S/C11H12ClN3O/c1-7-10(13)11(16)15(14-7)6-8-4-2-3-5-9(8)12/h2-5,14H,6,13H2,1H3. The van der Waals surface area contributed by atoms with Gasteiger partial charge in [0.25, 0.3) is 5.56 Å². The second-order valence-electron chi connectivity index (χ2n) is 3.63. The summed E-state index contributed by atoms with van der Waals surface area (Å²) in [4.78, 5) is 11.7. The molecule has 84 valence electrons. The Morgan fingerprint density at radius 1 is 1.44 bits per heavy atom. The summed E-state index contributed by atoms with van der Waals surface area (Å²) in [6, 6.07) is 7.40. The molecular formula is C11H12ClN3O. The Balaban J connectivity index is 2.38. The van der Waals surface area contributed by atoms with Gasteiger partial charge in [-0.1, -0.05) is 29.8 Å². The Kier molecular flexibility index (Phi) is 2.75. The maximum Gasteiger partial charge on any atom is 0.290 e. The van der Waals surface area contributed by atoms with Crippen molar-refractivity contribution in [1.29, 1.82) is 0 Å². The quantitative estimate of drug-likeness (QED) is 0.836. The molecule has 0 saturated carbocycles. The van der Waals surface area contributed by atoms with E-state index in [0.717, 1.165) is 5.56 Å². The van der Waals surface area contributed by atoms with Crippen LogP contribution < -0.4 is 11.3 Å². The first-order chi connectivity index (χ1) is 7.59. The number of aryl methyl sites for hydroxylation is 1. The second kappa shape index (κ2) is 4.06. The molecule has 1 heterocycles. The highest BCUT2D eigenvalue weighted by atomic mass is 35.5. The van der Waals surface area contributed by atoms with Gasteiger partial charge in [-0.25, -0.2) is 4.68 Å². The molecule has 0 unspecified atom stereocenters. The topological polar surface area (TPSA) is 63.8 Å². The van der Waals surface area contributed by atoms with E-state index in [4.69, 9.17) is 17.3 Å². The van der Waals surface area contributed by atoms with Crippen LogP contribution in [0.15, 0.2) is 29.1 Å². The van der Waals surface area contributed by atoms with E-state index in [1.807, 2.05) is 18.2 Å². The average Bonchev–Trinajstić information content (AvgIpc) is 2.50. The number of nitrogens with one attached hydrogen (secondary N) is 1. The lowest BCUT2D eigenvalue weighted by molar-refractivity contribution is 0.658. The van der Waals surface area contributed by atoms with Crippen LogP contribution in [0.25, 0.3) is 0 Å². The number of nitrogens with two attached hydrogens (primary N) is 1. The molecule has 5 heteroatoms. The minimum Gasteiger partial charge on any atom is -0.393 e. The Labute approximate surface area is 97.6 Å². The van der Waals surface area contributed by atoms with Gasteiger partial charge in [-0.15, -0.1) is 0 Å². The van der Waals surface area contributed by atoms with Gasteiger partial charge in [0.05, 0.1) is 12.2 Å². The summed E-state index contributed by atoms with van der Waals surface area (Å²) < 4.78 is 1.45. The summed E-state index contributed by atoms with van der Waals surface area (Å²) in [5.74, 6) is 0. The van der Waals surface area contributed by atoms with Crippen LogP contribution in [0.3, 0.4) is 0 Å². The number of H-pyrrole nitrogens is 1. The third-order valence-corrected chi connectivity index (χ3v) is 2.84. The Bertz CT molecular complexity index is 571. The molecule has 0 amide bonds. The van der Waals surface area contributed by atoms with Gasteiger partial charge in [0.2, 0.25) is 0 Å². The summed E-state index contributed by atoms with van der Waals surface area (Å²) in [6.45, 7) is 2.16. The van der Waals surface area contributed by atoms with Gasteiger partial charge in [0, 0.05) is 5.02 Å². The van der Waals surface area contributed by atoms with Crippen molar-refractivity contribution in [3.05, 3.63) is 50.9 Å². The smallest absolute Gasteiger partial charge is 0.290 e. The maximum atomic E-state index is 11.7. The molecule has 4 nitrogen and oxygen atoms in total. The van der Waals surface area contributed by atoms with Gasteiger partial charge >= 0.3 is 0 Å². The molecule has 0 fully saturated rings. The molecule has 0 saturated heterocycles. The van der Waals surface area contributed by atoms with E-state index < -0.39 is 0 Å². The van der Waals surface area contributed by atoms with Crippen molar-refractivity contribution in [2.24, 2.45) is 0 Å². The van der Waals surface area contributed by atoms with E-state index in [1.165, 1.54) is 4.68 Å². The molecule has 16 heavy (non-hydrogen) atoms. The largest absolute Gasteiger partial charge is 0.393 e. The number of halogens is 1. The highest BCUT2D eigenvalue weighted by Gasteiger charge is 2.08. The van der Waals surface area contributed by atoms with Crippen LogP contribution in [0.1, 0.15) is 11.3 Å². The fraction of sp³-hybridized carbons (Fsp3) is 0.182. The van der Waals surface area contributed by atoms with E-state index in [-0.39, 0.29) is 11.2 Å². The van der Waals surface area contributed by atoms with E-state index in [1.54, 1.807) is 13.0 Å². The fourth-order valence-electron chi connectivity index (χ4n) is 1.53. The molecule has 2 rings (SSSR count). The zero-order valence-electron chi connectivity index (χ0n) is 8.83. The third kappa shape index (κ3) is 1.84. The highest BCUT2D eigenvalue weighted by Crippen LogP contribution is 2.15. The lowest BCUT2D eigenvalue weighted by Crippen LogP contribution is -2.19. The lowest BCUT2D eigenvalue weighted by atomic mass is 10.2. The van der Waals surface area contributed by atoms with Crippen LogP contribution in [0, 0.1) is 6.92 Å². The number of benzene rings is 1. The molecule has 0 spiro atoms. The molecule has 1 aromatic carbocycles. The molecule has 0 aliphatic heterocycles. The van der Waals surface area contributed by atoms with E-state index in [0.29, 0.717) is 17.3 Å². The average molecular weight is 238 g/mol. The van der Waals surface area contributed by atoms with Gasteiger partial charge in [-0.05, 0) is 18.6 Å². The zero-order chi connectivity index (χ0) is 11.7. The van der Waals surface area contributed by atoms with Crippen molar-refractivity contribution in [3.63, 3.8) is 0 Å². The number of nitrogen functional groups attached to an aromatic ring is 1. The summed E-state index contributed by atoms with van der Waals surface area (Å²) >= 11 is 6.01. The highest BCUT2D eigenvalue weighted by molar-refractivity contribution is 6.31. The molecule has 0 aliphatic rings. The van der Waals surface area contributed by atoms with Crippen molar-refractivity contribution in [1.82, 2.24) is 9.78 Å². The van der Waals surface area contributed by atoms with Crippen LogP contribution in [0.5, 0.6) is 0 Å². The predicted molar refractivity (Wildman–Crippen MR) is 64.8 cm³/mol. The number of rotatable bonds is 2. The summed E-state index contributed by atoms with van der Waals surface area (Å²) in [7, 11) is 0. The first-order valence-corrected chi connectivity index (χ1v) is 5.25. The van der Waals surface area contributed by atoms with Gasteiger partial charge in [0.15, 0.2) is 0 Å². The molecule has 0 aliphatic carbocycles. The Hall–Kier alpha value is -1.68. The van der Waals surface area contributed by atoms with Gasteiger partial charge in [-0.3, -0.25) is 9.89 Å². The Morgan fingerprint density at radius 2 is 2.12 bits per heavy atom. The Morgan fingerprint density at radius 3 is 2.69 bits per heavy atom. The SMILES string of the molecule is Cc1[nH]n(Cc2ccccc2Cl)c(=O)c1N. The molecule has 0 bridgehead atoms. The predicted octanol–water partition coefficient (Wildman–Crippen LogP) is 1.77. The maximum absolute atomic E-state index is 11.7. The molecular weight excluding hydrogens is 226 g/mol. The van der Waals surface area contributed by atoms with Gasteiger partial charge in [-0.2, -0.15) is 0 Å². The minimum atomic E-state index is -0.211. The van der Waals surface area contributed by atoms with E-state index in [9.17, 15) is 4.79 Å².